The van der Waals surface area contributed by atoms with Crippen molar-refractivity contribution in [1.29, 1.82) is 0 Å². The number of nitrogens with two attached hydrogens (primary N) is 1. The lowest BCUT2D eigenvalue weighted by molar-refractivity contribution is -0.119. The summed E-state index contributed by atoms with van der Waals surface area (Å²) >= 11 is 6.48. The molecule has 3 fully saturated rings. The second-order valence-electron chi connectivity index (χ2n) is 11.4. The molecule has 8 heteroatoms. The Balaban J connectivity index is 1.39. The maximum absolute atomic E-state index is 13.1. The van der Waals surface area contributed by atoms with Crippen LogP contribution in [0.25, 0.3) is 0 Å². The molecule has 0 saturated heterocycles. The van der Waals surface area contributed by atoms with E-state index in [2.05, 4.69) is 26.8 Å². The second kappa shape index (κ2) is 8.02. The molecule has 3 unspecified atom stereocenters. The van der Waals surface area contributed by atoms with Crippen LogP contribution in [-0.4, -0.2) is 25.8 Å². The number of carbonyl (C=O) groups is 2. The molecule has 6 nitrogen and oxygen atoms in total. The number of allylic oxidation sites excluding steroid dienone is 4. The number of hydrogen-bond acceptors (Lipinski definition) is 5. The van der Waals surface area contributed by atoms with Crippen molar-refractivity contribution in [3.8, 4) is 0 Å². The predicted octanol–water partition coefficient (Wildman–Crippen LogP) is 5.12. The summed E-state index contributed by atoms with van der Waals surface area (Å²) in [7, 11) is -3.82. The Labute approximate surface area is 212 Å². The Morgan fingerprint density at radius 3 is 2.37 bits per heavy atom. The average molecular weight is 518 g/mol. The number of sulfonamides is 1. The number of ether oxygens (including phenoxy) is 1. The van der Waals surface area contributed by atoms with Gasteiger partial charge in [0.2, 0.25) is 10.0 Å². The van der Waals surface area contributed by atoms with Crippen molar-refractivity contribution in [3.63, 3.8) is 0 Å². The van der Waals surface area contributed by atoms with Gasteiger partial charge in [0.25, 0.3) is 0 Å². The molecule has 4 aliphatic rings. The third kappa shape index (κ3) is 3.65. The lowest BCUT2D eigenvalue weighted by Gasteiger charge is -2.58. The lowest BCUT2D eigenvalue weighted by atomic mass is 9.47. The van der Waals surface area contributed by atoms with E-state index in [-0.39, 0.29) is 21.5 Å². The van der Waals surface area contributed by atoms with E-state index in [0.717, 1.165) is 44.1 Å². The molecule has 4 aliphatic carbocycles. The number of fused-ring (bicyclic) bond motifs is 5. The van der Waals surface area contributed by atoms with Crippen molar-refractivity contribution < 1.29 is 22.7 Å². The molecule has 1 aromatic rings. The van der Waals surface area contributed by atoms with E-state index < -0.39 is 21.6 Å². The van der Waals surface area contributed by atoms with E-state index in [1.54, 1.807) is 6.08 Å². The molecule has 0 amide bonds. The molecule has 0 bridgehead atoms. The van der Waals surface area contributed by atoms with Gasteiger partial charge in [0.1, 0.15) is 5.60 Å². The highest BCUT2D eigenvalue weighted by molar-refractivity contribution is 7.89. The summed E-state index contributed by atoms with van der Waals surface area (Å²) < 4.78 is 29.3. The molecule has 188 valence electrons. The fraction of sp³-hybridized carbons (Fsp3) is 0.556. The minimum atomic E-state index is -3.82. The van der Waals surface area contributed by atoms with Crippen LogP contribution >= 0.6 is 11.6 Å². The molecule has 0 radical (unpaired) electrons. The van der Waals surface area contributed by atoms with Crippen molar-refractivity contribution >= 4 is 33.4 Å². The van der Waals surface area contributed by atoms with Crippen LogP contribution in [0.2, 0.25) is 0 Å². The van der Waals surface area contributed by atoms with Gasteiger partial charge in [0.15, 0.2) is 5.78 Å². The normalized spacial score (nSPS) is 38.5. The number of hydrogen-bond donors (Lipinski definition) is 1. The molecule has 0 heterocycles. The summed E-state index contributed by atoms with van der Waals surface area (Å²) in [6.07, 6.45) is 9.22. The zero-order valence-corrected chi connectivity index (χ0v) is 21.9. The average Bonchev–Trinajstić information content (AvgIpc) is 3.06. The topological polar surface area (TPSA) is 104 Å². The zero-order valence-electron chi connectivity index (χ0n) is 20.3. The molecular formula is C27H32ClNO5S. The molecular weight excluding hydrogens is 486 g/mol. The monoisotopic (exact) mass is 517 g/mol. The number of ketones is 1. The SMILES string of the molecule is C[C@]12C=CC(=O)C(Cl)=C1CCC1C2CC[C@@]2(C)C1CC[C@]2(C)OC(=O)c1ccc(S(N)(=O)=O)cc1. The van der Waals surface area contributed by atoms with Crippen molar-refractivity contribution in [2.75, 3.05) is 0 Å². The Morgan fingerprint density at radius 1 is 1.06 bits per heavy atom. The van der Waals surface area contributed by atoms with Gasteiger partial charge in [-0.15, -0.1) is 0 Å². The van der Waals surface area contributed by atoms with Crippen molar-refractivity contribution in [1.82, 2.24) is 0 Å². The third-order valence-corrected chi connectivity index (χ3v) is 11.3. The quantitative estimate of drug-likeness (QED) is 0.560. The Bertz CT molecular complexity index is 1270. The molecule has 5 rings (SSSR count). The van der Waals surface area contributed by atoms with Crippen molar-refractivity contribution in [2.24, 2.45) is 33.7 Å². The summed E-state index contributed by atoms with van der Waals surface area (Å²) in [6.45, 7) is 6.54. The van der Waals surface area contributed by atoms with E-state index in [9.17, 15) is 18.0 Å². The fourth-order valence-corrected chi connectivity index (χ4v) is 8.59. The van der Waals surface area contributed by atoms with Gasteiger partial charge < -0.3 is 4.74 Å². The molecule has 35 heavy (non-hydrogen) atoms. The summed E-state index contributed by atoms with van der Waals surface area (Å²) in [5.41, 5.74) is 0.416. The van der Waals surface area contributed by atoms with Crippen LogP contribution in [0.15, 0.2) is 51.9 Å². The number of benzene rings is 1. The second-order valence-corrected chi connectivity index (χ2v) is 13.3. The van der Waals surface area contributed by atoms with Gasteiger partial charge in [-0.05, 0) is 99.1 Å². The van der Waals surface area contributed by atoms with E-state index in [1.807, 2.05) is 0 Å². The van der Waals surface area contributed by atoms with Crippen LogP contribution in [-0.2, 0) is 19.6 Å². The maximum atomic E-state index is 13.1. The lowest BCUT2D eigenvalue weighted by Crippen LogP contribution is -2.54. The first-order chi connectivity index (χ1) is 16.3. The highest BCUT2D eigenvalue weighted by Crippen LogP contribution is 2.68. The standard InChI is InChI=1S/C27H32ClNO5S/c1-25-13-12-22(30)23(28)21(25)9-8-18-19(25)10-14-26(2)20(18)11-15-27(26,3)34-24(31)16-4-6-17(7-5-16)35(29,32)33/h4-7,12-13,18-20H,8-11,14-15H2,1-3H3,(H2,29,32,33)/t18?,19?,20?,25-,26+,27+/m1/s1. The van der Waals surface area contributed by atoms with Gasteiger partial charge >= 0.3 is 5.97 Å². The first-order valence-electron chi connectivity index (χ1n) is 12.3. The minimum Gasteiger partial charge on any atom is -0.455 e. The first-order valence-corrected chi connectivity index (χ1v) is 14.2. The largest absolute Gasteiger partial charge is 0.455 e. The predicted molar refractivity (Wildman–Crippen MR) is 133 cm³/mol. The maximum Gasteiger partial charge on any atom is 0.338 e. The smallest absolute Gasteiger partial charge is 0.338 e. The molecule has 2 N–H and O–H groups in total. The van der Waals surface area contributed by atoms with Gasteiger partial charge in [0, 0.05) is 10.8 Å². The van der Waals surface area contributed by atoms with Gasteiger partial charge in [-0.3, -0.25) is 4.79 Å². The van der Waals surface area contributed by atoms with Gasteiger partial charge in [-0.2, -0.15) is 0 Å². The van der Waals surface area contributed by atoms with E-state index in [4.69, 9.17) is 21.5 Å². The van der Waals surface area contributed by atoms with Crippen LogP contribution < -0.4 is 5.14 Å². The van der Waals surface area contributed by atoms with Crippen molar-refractivity contribution in [2.45, 2.75) is 69.8 Å². The van der Waals surface area contributed by atoms with Crippen LogP contribution in [0.5, 0.6) is 0 Å². The van der Waals surface area contributed by atoms with Crippen LogP contribution in [0.4, 0.5) is 0 Å². The minimum absolute atomic E-state index is 0.0377. The Morgan fingerprint density at radius 2 is 1.71 bits per heavy atom. The highest BCUT2D eigenvalue weighted by atomic mass is 35.5. The van der Waals surface area contributed by atoms with Gasteiger partial charge in [-0.25, -0.2) is 18.4 Å². The van der Waals surface area contributed by atoms with Crippen LogP contribution in [0, 0.1) is 28.6 Å². The zero-order chi connectivity index (χ0) is 25.4. The molecule has 1 aromatic carbocycles. The van der Waals surface area contributed by atoms with Crippen LogP contribution in [0.3, 0.4) is 0 Å². The number of carbonyl (C=O) groups excluding carboxylic acids is 2. The summed E-state index contributed by atoms with van der Waals surface area (Å²) in [6, 6.07) is 5.57. The number of esters is 1. The third-order valence-electron chi connectivity index (χ3n) is 9.91. The van der Waals surface area contributed by atoms with Crippen LogP contribution in [0.1, 0.15) is 69.7 Å². The molecule has 0 aliphatic heterocycles. The highest BCUT2D eigenvalue weighted by Gasteiger charge is 2.64. The van der Waals surface area contributed by atoms with E-state index in [0.29, 0.717) is 28.3 Å². The fourth-order valence-electron chi connectivity index (χ4n) is 7.72. The molecule has 3 saturated carbocycles. The number of rotatable bonds is 3. The Kier molecular flexibility index (Phi) is 5.67. The van der Waals surface area contributed by atoms with Gasteiger partial charge in [-0.1, -0.05) is 31.5 Å². The first kappa shape index (κ1) is 24.7. The molecule has 0 spiro atoms. The van der Waals surface area contributed by atoms with E-state index in [1.165, 1.54) is 24.3 Å². The van der Waals surface area contributed by atoms with E-state index >= 15 is 0 Å². The van der Waals surface area contributed by atoms with Gasteiger partial charge in [0.05, 0.1) is 15.5 Å². The number of halogens is 1. The number of primary sulfonamides is 1. The van der Waals surface area contributed by atoms with Crippen molar-refractivity contribution in [3.05, 3.63) is 52.6 Å². The Hall–Kier alpha value is -1.96. The summed E-state index contributed by atoms with van der Waals surface area (Å²) in [5, 5.41) is 5.57. The summed E-state index contributed by atoms with van der Waals surface area (Å²) in [4.78, 5) is 25.3. The molecule has 0 aromatic heterocycles. The molecule has 6 atom stereocenters. The summed E-state index contributed by atoms with van der Waals surface area (Å²) in [5.74, 6) is 0.757.